The van der Waals surface area contributed by atoms with Gasteiger partial charge in [0.05, 0.1) is 4.47 Å². The largest absolute Gasteiger partial charge is 0.352 e. The maximum Gasteiger partial charge on any atom is 0.251 e. The van der Waals surface area contributed by atoms with Crippen molar-refractivity contribution in [2.75, 3.05) is 37.6 Å². The summed E-state index contributed by atoms with van der Waals surface area (Å²) < 4.78 is 0.840. The third-order valence-corrected chi connectivity index (χ3v) is 5.57. The summed E-state index contributed by atoms with van der Waals surface area (Å²) in [4.78, 5) is 37.3. The topological polar surface area (TPSA) is 78.4 Å². The summed E-state index contributed by atoms with van der Waals surface area (Å²) in [7, 11) is 0. The molecule has 7 nitrogen and oxygen atoms in total. The van der Waals surface area contributed by atoms with Crippen LogP contribution < -0.4 is 10.2 Å². The number of hydrogen-bond donors (Lipinski definition) is 1. The quantitative estimate of drug-likeness (QED) is 0.721. The zero-order valence-corrected chi connectivity index (χ0v) is 19.3. The van der Waals surface area contributed by atoms with Gasteiger partial charge in [-0.05, 0) is 39.0 Å². The fourth-order valence-corrected chi connectivity index (χ4v) is 3.49. The number of halogens is 1. The zero-order chi connectivity index (χ0) is 21.7. The van der Waals surface area contributed by atoms with Crippen molar-refractivity contribution in [3.8, 4) is 0 Å². The van der Waals surface area contributed by atoms with Gasteiger partial charge in [0.25, 0.3) is 5.91 Å². The molecule has 1 fully saturated rings. The van der Waals surface area contributed by atoms with E-state index in [2.05, 4.69) is 56.9 Å². The first kappa shape index (κ1) is 22.2. The molecule has 3 rings (SSSR count). The smallest absolute Gasteiger partial charge is 0.251 e. The molecule has 0 spiro atoms. The Kier molecular flexibility index (Phi) is 7.07. The number of rotatable bonds is 5. The molecule has 0 saturated carbocycles. The van der Waals surface area contributed by atoms with Crippen molar-refractivity contribution in [1.29, 1.82) is 0 Å². The summed E-state index contributed by atoms with van der Waals surface area (Å²) >= 11 is 3.33. The zero-order valence-electron chi connectivity index (χ0n) is 17.7. The van der Waals surface area contributed by atoms with E-state index in [4.69, 9.17) is 0 Å². The van der Waals surface area contributed by atoms with Gasteiger partial charge < -0.3 is 15.1 Å². The van der Waals surface area contributed by atoms with Gasteiger partial charge in [0.15, 0.2) is 0 Å². The lowest BCUT2D eigenvalue weighted by Gasteiger charge is -2.34. The van der Waals surface area contributed by atoms with Gasteiger partial charge in [-0.3, -0.25) is 9.59 Å². The highest BCUT2D eigenvalue weighted by atomic mass is 79.9. The lowest BCUT2D eigenvalue weighted by Crippen LogP contribution is -2.49. The average Bonchev–Trinajstić information content (AvgIpc) is 2.74. The Bertz CT molecular complexity index is 870. The lowest BCUT2D eigenvalue weighted by atomic mass is 9.87. The van der Waals surface area contributed by atoms with Crippen LogP contribution in [0, 0.1) is 0 Å². The normalized spacial score (nSPS) is 14.5. The molecule has 2 aromatic rings. The van der Waals surface area contributed by atoms with Gasteiger partial charge in [-0.25, -0.2) is 9.97 Å². The fraction of sp³-hybridized carbons (Fsp3) is 0.455. The van der Waals surface area contributed by atoms with Crippen LogP contribution in [0.2, 0.25) is 0 Å². The SMILES string of the molecule is CC(C)(C)c1ccc(C(=O)NCCC(=O)N2CCN(c3ncc(Br)cn3)CC2)cc1. The van der Waals surface area contributed by atoms with Crippen molar-refractivity contribution in [3.05, 3.63) is 52.3 Å². The second kappa shape index (κ2) is 9.55. The Balaban J connectivity index is 1.41. The third-order valence-electron chi connectivity index (χ3n) is 5.16. The van der Waals surface area contributed by atoms with Crippen LogP contribution in [0.4, 0.5) is 5.95 Å². The molecule has 160 valence electrons. The number of nitrogens with zero attached hydrogens (tertiary/aromatic N) is 4. The maximum absolute atomic E-state index is 12.5. The summed E-state index contributed by atoms with van der Waals surface area (Å²) in [5.74, 6) is 0.574. The predicted molar refractivity (Wildman–Crippen MR) is 121 cm³/mol. The van der Waals surface area contributed by atoms with Gasteiger partial charge in [0.1, 0.15) is 0 Å². The molecule has 2 heterocycles. The molecule has 1 saturated heterocycles. The molecule has 1 aliphatic heterocycles. The minimum atomic E-state index is -0.152. The molecule has 0 bridgehead atoms. The number of amides is 2. The average molecular weight is 474 g/mol. The van der Waals surface area contributed by atoms with Crippen molar-refractivity contribution in [2.45, 2.75) is 32.6 Å². The molecule has 1 aromatic carbocycles. The van der Waals surface area contributed by atoms with E-state index >= 15 is 0 Å². The molecule has 0 atom stereocenters. The van der Waals surface area contributed by atoms with E-state index < -0.39 is 0 Å². The molecule has 0 aliphatic carbocycles. The molecule has 1 aromatic heterocycles. The van der Waals surface area contributed by atoms with E-state index in [1.807, 2.05) is 29.2 Å². The Morgan fingerprint density at radius 1 is 1.03 bits per heavy atom. The third kappa shape index (κ3) is 5.78. The van der Waals surface area contributed by atoms with E-state index in [0.717, 1.165) is 4.47 Å². The Hall–Kier alpha value is -2.48. The van der Waals surface area contributed by atoms with E-state index in [1.165, 1.54) is 5.56 Å². The number of anilines is 1. The van der Waals surface area contributed by atoms with Crippen LogP contribution >= 0.6 is 15.9 Å². The van der Waals surface area contributed by atoms with Gasteiger partial charge in [-0.2, -0.15) is 0 Å². The molecule has 0 radical (unpaired) electrons. The first-order valence-electron chi connectivity index (χ1n) is 10.1. The van der Waals surface area contributed by atoms with Gasteiger partial charge >= 0.3 is 0 Å². The van der Waals surface area contributed by atoms with Crippen LogP contribution in [-0.2, 0) is 10.2 Å². The Morgan fingerprint density at radius 3 is 2.20 bits per heavy atom. The summed E-state index contributed by atoms with van der Waals surface area (Å²) in [5, 5.41) is 2.85. The van der Waals surface area contributed by atoms with Crippen molar-refractivity contribution >= 4 is 33.7 Å². The minimum absolute atomic E-state index is 0.0505. The minimum Gasteiger partial charge on any atom is -0.352 e. The van der Waals surface area contributed by atoms with Crippen LogP contribution in [0.5, 0.6) is 0 Å². The monoisotopic (exact) mass is 473 g/mol. The number of piperazine rings is 1. The van der Waals surface area contributed by atoms with E-state index in [-0.39, 0.29) is 17.2 Å². The van der Waals surface area contributed by atoms with Gasteiger partial charge in [-0.15, -0.1) is 0 Å². The van der Waals surface area contributed by atoms with Gasteiger partial charge in [0, 0.05) is 57.1 Å². The molecule has 30 heavy (non-hydrogen) atoms. The Morgan fingerprint density at radius 2 is 1.63 bits per heavy atom. The summed E-state index contributed by atoms with van der Waals surface area (Å²) in [6.45, 7) is 9.38. The van der Waals surface area contributed by atoms with Gasteiger partial charge in [-0.1, -0.05) is 32.9 Å². The molecule has 1 N–H and O–H groups in total. The van der Waals surface area contributed by atoms with E-state index in [0.29, 0.717) is 50.7 Å². The highest BCUT2D eigenvalue weighted by molar-refractivity contribution is 9.10. The molecule has 8 heteroatoms. The number of benzene rings is 1. The molecule has 1 aliphatic rings. The fourth-order valence-electron chi connectivity index (χ4n) is 3.29. The highest BCUT2D eigenvalue weighted by Gasteiger charge is 2.22. The van der Waals surface area contributed by atoms with Crippen LogP contribution in [0.1, 0.15) is 43.1 Å². The maximum atomic E-state index is 12.5. The molecule has 0 unspecified atom stereocenters. The first-order chi connectivity index (χ1) is 14.2. The Labute approximate surface area is 186 Å². The van der Waals surface area contributed by atoms with Crippen LogP contribution in [0.15, 0.2) is 41.1 Å². The van der Waals surface area contributed by atoms with E-state index in [9.17, 15) is 9.59 Å². The number of nitrogens with one attached hydrogen (secondary N) is 1. The van der Waals surface area contributed by atoms with Crippen molar-refractivity contribution in [2.24, 2.45) is 0 Å². The number of hydrogen-bond acceptors (Lipinski definition) is 5. The van der Waals surface area contributed by atoms with Crippen molar-refractivity contribution in [1.82, 2.24) is 20.2 Å². The standard InChI is InChI=1S/C22H28BrN5O2/c1-22(2,3)17-6-4-16(5-7-17)20(30)24-9-8-19(29)27-10-12-28(13-11-27)21-25-14-18(23)15-26-21/h4-7,14-15H,8-13H2,1-3H3,(H,24,30). The summed E-state index contributed by atoms with van der Waals surface area (Å²) in [6, 6.07) is 7.63. The van der Waals surface area contributed by atoms with Crippen molar-refractivity contribution < 1.29 is 9.59 Å². The van der Waals surface area contributed by atoms with Crippen LogP contribution in [-0.4, -0.2) is 59.4 Å². The summed E-state index contributed by atoms with van der Waals surface area (Å²) in [5.41, 5.74) is 1.84. The second-order valence-corrected chi connectivity index (χ2v) is 9.32. The van der Waals surface area contributed by atoms with Crippen LogP contribution in [0.25, 0.3) is 0 Å². The second-order valence-electron chi connectivity index (χ2n) is 8.40. The number of carbonyl (C=O) groups is 2. The molecule has 2 amide bonds. The first-order valence-corrected chi connectivity index (χ1v) is 10.9. The van der Waals surface area contributed by atoms with Crippen molar-refractivity contribution in [3.63, 3.8) is 0 Å². The number of aromatic nitrogens is 2. The predicted octanol–water partition coefficient (Wildman–Crippen LogP) is 3.01. The molecular weight excluding hydrogens is 446 g/mol. The van der Waals surface area contributed by atoms with Gasteiger partial charge in [0.2, 0.25) is 11.9 Å². The molecular formula is C22H28BrN5O2. The van der Waals surface area contributed by atoms with Crippen LogP contribution in [0.3, 0.4) is 0 Å². The summed E-state index contributed by atoms with van der Waals surface area (Å²) in [6.07, 6.45) is 3.74. The number of carbonyl (C=O) groups excluding carboxylic acids is 2. The van der Waals surface area contributed by atoms with E-state index in [1.54, 1.807) is 12.4 Å². The lowest BCUT2D eigenvalue weighted by molar-refractivity contribution is -0.131. The highest BCUT2D eigenvalue weighted by Crippen LogP contribution is 2.22.